The van der Waals surface area contributed by atoms with Gasteiger partial charge in [-0.3, -0.25) is 9.48 Å². The number of hydrogen-bond acceptors (Lipinski definition) is 4. The molecule has 0 radical (unpaired) electrons. The Hall–Kier alpha value is -2.19. The number of carbonyl (C=O) groups is 1. The summed E-state index contributed by atoms with van der Waals surface area (Å²) < 4.78 is 29.4. The zero-order chi connectivity index (χ0) is 17.2. The van der Waals surface area contributed by atoms with Crippen molar-refractivity contribution in [3.63, 3.8) is 0 Å². The highest BCUT2D eigenvalue weighted by molar-refractivity contribution is 7.88. The van der Waals surface area contributed by atoms with Crippen LogP contribution in [-0.4, -0.2) is 30.1 Å². The number of aromatic nitrogens is 2. The van der Waals surface area contributed by atoms with Gasteiger partial charge in [-0.25, -0.2) is 13.1 Å². The van der Waals surface area contributed by atoms with Crippen molar-refractivity contribution in [1.82, 2.24) is 19.8 Å². The lowest BCUT2D eigenvalue weighted by atomic mass is 9.96. The Kier molecular flexibility index (Phi) is 4.68. The number of nitrogens with one attached hydrogen (secondary N) is 2. The molecule has 2 N–H and O–H groups in total. The molecule has 1 fully saturated rings. The lowest BCUT2D eigenvalue weighted by molar-refractivity contribution is -0.123. The summed E-state index contributed by atoms with van der Waals surface area (Å²) in [6.07, 6.45) is 2.38. The molecule has 1 aromatic heterocycles. The molecule has 2 aromatic rings. The second-order valence-electron chi connectivity index (χ2n) is 5.93. The van der Waals surface area contributed by atoms with Crippen molar-refractivity contribution in [3.8, 4) is 0 Å². The molecule has 7 nitrogen and oxygen atoms in total. The molecule has 0 saturated carbocycles. The van der Waals surface area contributed by atoms with Gasteiger partial charge in [-0.05, 0) is 18.1 Å². The Balaban J connectivity index is 1.78. The largest absolute Gasteiger partial charge is 0.346 e. The summed E-state index contributed by atoms with van der Waals surface area (Å²) in [7, 11) is -1.75. The van der Waals surface area contributed by atoms with Crippen molar-refractivity contribution in [2.75, 3.05) is 0 Å². The number of sulfonamides is 1. The molecule has 1 saturated heterocycles. The summed E-state index contributed by atoms with van der Waals surface area (Å²) >= 11 is 0. The van der Waals surface area contributed by atoms with E-state index in [1.807, 2.05) is 18.2 Å². The molecule has 1 amide bonds. The van der Waals surface area contributed by atoms with Gasteiger partial charge in [0.1, 0.15) is 0 Å². The molecule has 2 heterocycles. The number of nitrogens with zero attached hydrogens (tertiary/aromatic N) is 2. The van der Waals surface area contributed by atoms with E-state index in [0.717, 1.165) is 11.3 Å². The third kappa shape index (κ3) is 3.82. The van der Waals surface area contributed by atoms with Gasteiger partial charge < -0.3 is 5.32 Å². The summed E-state index contributed by atoms with van der Waals surface area (Å²) in [6.45, 7) is 0. The predicted molar refractivity (Wildman–Crippen MR) is 89.3 cm³/mol. The molecule has 0 bridgehead atoms. The number of carbonyl (C=O) groups excluding carboxylic acids is 1. The molecule has 0 unspecified atom stereocenters. The highest BCUT2D eigenvalue weighted by Gasteiger charge is 2.34. The summed E-state index contributed by atoms with van der Waals surface area (Å²) in [6, 6.07) is 9.99. The van der Waals surface area contributed by atoms with Gasteiger partial charge in [-0.1, -0.05) is 30.3 Å². The molecule has 128 valence electrons. The molecule has 1 aliphatic heterocycles. The summed E-state index contributed by atoms with van der Waals surface area (Å²) in [5.41, 5.74) is 1.50. The maximum Gasteiger partial charge on any atom is 0.220 e. The first-order chi connectivity index (χ1) is 11.4. The number of amides is 1. The van der Waals surface area contributed by atoms with Crippen LogP contribution in [0.2, 0.25) is 0 Å². The topological polar surface area (TPSA) is 93.1 Å². The zero-order valence-electron chi connectivity index (χ0n) is 13.3. The fraction of sp³-hybridized carbons (Fsp3) is 0.375. The number of benzene rings is 1. The summed E-state index contributed by atoms with van der Waals surface area (Å²) in [4.78, 5) is 11.8. The van der Waals surface area contributed by atoms with Crippen molar-refractivity contribution in [1.29, 1.82) is 0 Å². The minimum absolute atomic E-state index is 0.0836. The van der Waals surface area contributed by atoms with Crippen LogP contribution >= 0.6 is 0 Å². The second kappa shape index (κ2) is 6.74. The van der Waals surface area contributed by atoms with Crippen LogP contribution in [-0.2, 0) is 27.6 Å². The number of hydrogen-bond donors (Lipinski definition) is 2. The quantitative estimate of drug-likeness (QED) is 0.838. The van der Waals surface area contributed by atoms with Gasteiger partial charge in [-0.15, -0.1) is 0 Å². The van der Waals surface area contributed by atoms with Crippen LogP contribution in [0.5, 0.6) is 0 Å². The average Bonchev–Trinajstić information content (AvgIpc) is 2.95. The third-order valence-corrected chi connectivity index (χ3v) is 5.48. The fourth-order valence-corrected chi connectivity index (χ4v) is 4.39. The van der Waals surface area contributed by atoms with Crippen LogP contribution in [0.4, 0.5) is 0 Å². The lowest BCUT2D eigenvalue weighted by Gasteiger charge is -2.32. The Bertz CT molecular complexity index is 817. The molecule has 0 spiro atoms. The van der Waals surface area contributed by atoms with E-state index in [9.17, 15) is 13.2 Å². The van der Waals surface area contributed by atoms with Crippen LogP contribution in [0.1, 0.15) is 30.1 Å². The Morgan fingerprint density at radius 3 is 2.71 bits per heavy atom. The Labute approximate surface area is 141 Å². The van der Waals surface area contributed by atoms with E-state index in [-0.39, 0.29) is 11.7 Å². The molecule has 2 atom stereocenters. The molecule has 1 aliphatic rings. The van der Waals surface area contributed by atoms with E-state index in [1.165, 1.54) is 0 Å². The first-order valence-electron chi connectivity index (χ1n) is 7.76. The van der Waals surface area contributed by atoms with E-state index in [0.29, 0.717) is 12.8 Å². The second-order valence-corrected chi connectivity index (χ2v) is 7.69. The van der Waals surface area contributed by atoms with Crippen LogP contribution in [0, 0.1) is 0 Å². The predicted octanol–water partition coefficient (Wildman–Crippen LogP) is 0.859. The van der Waals surface area contributed by atoms with Crippen LogP contribution in [0.25, 0.3) is 0 Å². The van der Waals surface area contributed by atoms with Gasteiger partial charge in [0.15, 0.2) is 0 Å². The average molecular weight is 348 g/mol. The SMILES string of the molecule is Cn1nccc1[C@@H]1NC(=O)CC[C@H]1NS(=O)(=O)Cc1ccccc1. The Morgan fingerprint density at radius 1 is 1.29 bits per heavy atom. The molecule has 8 heteroatoms. The number of aryl methyl sites for hydroxylation is 1. The summed E-state index contributed by atoms with van der Waals surface area (Å²) in [5.74, 6) is -0.171. The molecule has 24 heavy (non-hydrogen) atoms. The highest BCUT2D eigenvalue weighted by atomic mass is 32.2. The van der Waals surface area contributed by atoms with E-state index in [4.69, 9.17) is 0 Å². The number of rotatable bonds is 5. The van der Waals surface area contributed by atoms with Gasteiger partial charge in [0.25, 0.3) is 0 Å². The van der Waals surface area contributed by atoms with E-state index in [2.05, 4.69) is 15.1 Å². The minimum atomic E-state index is -3.52. The van der Waals surface area contributed by atoms with Gasteiger partial charge in [0.2, 0.25) is 15.9 Å². The molecule has 3 rings (SSSR count). The standard InChI is InChI=1S/C16H20N4O3S/c1-20-14(9-10-17-20)16-13(7-8-15(21)18-16)19-24(22,23)11-12-5-3-2-4-6-12/h2-6,9-10,13,16,19H,7-8,11H2,1H3,(H,18,21)/t13-,16-/m1/s1. The lowest BCUT2D eigenvalue weighted by Crippen LogP contribution is -2.50. The third-order valence-electron chi connectivity index (χ3n) is 4.11. The summed E-state index contributed by atoms with van der Waals surface area (Å²) in [5, 5.41) is 6.97. The number of piperidine rings is 1. The van der Waals surface area contributed by atoms with Gasteiger partial charge in [0.05, 0.1) is 17.5 Å². The smallest absolute Gasteiger partial charge is 0.220 e. The van der Waals surface area contributed by atoms with E-state index in [1.54, 1.807) is 36.1 Å². The van der Waals surface area contributed by atoms with Crippen molar-refractivity contribution in [2.24, 2.45) is 7.05 Å². The maximum atomic E-state index is 12.5. The van der Waals surface area contributed by atoms with Crippen molar-refractivity contribution in [2.45, 2.75) is 30.7 Å². The monoisotopic (exact) mass is 348 g/mol. The first-order valence-corrected chi connectivity index (χ1v) is 9.41. The van der Waals surface area contributed by atoms with Crippen LogP contribution in [0.15, 0.2) is 42.6 Å². The van der Waals surface area contributed by atoms with Crippen LogP contribution in [0.3, 0.4) is 0 Å². The van der Waals surface area contributed by atoms with E-state index < -0.39 is 22.1 Å². The normalized spacial score (nSPS) is 21.5. The first kappa shape index (κ1) is 16.7. The van der Waals surface area contributed by atoms with Gasteiger partial charge >= 0.3 is 0 Å². The van der Waals surface area contributed by atoms with Crippen molar-refractivity contribution < 1.29 is 13.2 Å². The molecule has 1 aromatic carbocycles. The van der Waals surface area contributed by atoms with Gasteiger partial charge in [0, 0.05) is 25.7 Å². The van der Waals surface area contributed by atoms with Crippen molar-refractivity contribution >= 4 is 15.9 Å². The van der Waals surface area contributed by atoms with Crippen LogP contribution < -0.4 is 10.0 Å². The van der Waals surface area contributed by atoms with E-state index >= 15 is 0 Å². The molecule has 0 aliphatic carbocycles. The zero-order valence-corrected chi connectivity index (χ0v) is 14.2. The maximum absolute atomic E-state index is 12.5. The molecular formula is C16H20N4O3S. The minimum Gasteiger partial charge on any atom is -0.346 e. The molecular weight excluding hydrogens is 328 g/mol. The fourth-order valence-electron chi connectivity index (χ4n) is 2.96. The van der Waals surface area contributed by atoms with Gasteiger partial charge in [-0.2, -0.15) is 5.10 Å². The highest BCUT2D eigenvalue weighted by Crippen LogP contribution is 2.24. The Morgan fingerprint density at radius 2 is 2.04 bits per heavy atom. The van der Waals surface area contributed by atoms with Crippen molar-refractivity contribution in [3.05, 3.63) is 53.9 Å².